The molecule has 2 rings (SSSR count). The first kappa shape index (κ1) is 11.5. The Balaban J connectivity index is 2.00. The number of benzene rings is 1. The van der Waals surface area contributed by atoms with Crippen molar-refractivity contribution in [1.29, 1.82) is 0 Å². The van der Waals surface area contributed by atoms with Crippen LogP contribution in [-0.2, 0) is 4.74 Å². The van der Waals surface area contributed by atoms with Crippen LogP contribution in [0.3, 0.4) is 0 Å². The van der Waals surface area contributed by atoms with Gasteiger partial charge in [0.1, 0.15) is 6.10 Å². The molecule has 1 fully saturated rings. The van der Waals surface area contributed by atoms with E-state index in [0.29, 0.717) is 10.5 Å². The van der Waals surface area contributed by atoms with Gasteiger partial charge in [0.05, 0.1) is 5.56 Å². The van der Waals surface area contributed by atoms with Crippen LogP contribution in [0, 0.1) is 0 Å². The molecule has 0 amide bonds. The maximum atomic E-state index is 11.9. The van der Waals surface area contributed by atoms with Gasteiger partial charge >= 0.3 is 5.97 Å². The molecule has 0 spiro atoms. The maximum Gasteiger partial charge on any atom is 0.339 e. The zero-order valence-electron chi connectivity index (χ0n) is 9.19. The second-order valence-corrected chi connectivity index (χ2v) is 4.66. The molecule has 2 nitrogen and oxygen atoms in total. The lowest BCUT2D eigenvalue weighted by Crippen LogP contribution is -2.21. The monoisotopic (exact) mass is 236 g/mol. The van der Waals surface area contributed by atoms with Gasteiger partial charge in [0.25, 0.3) is 0 Å². The SMILES string of the molecule is O=C(OC1CCCCC1)c1ccccc1S. The molecular weight excluding hydrogens is 220 g/mol. The van der Waals surface area contributed by atoms with Crippen molar-refractivity contribution in [3.05, 3.63) is 29.8 Å². The van der Waals surface area contributed by atoms with Gasteiger partial charge in [0, 0.05) is 4.90 Å². The lowest BCUT2D eigenvalue weighted by atomic mass is 9.98. The summed E-state index contributed by atoms with van der Waals surface area (Å²) in [6.45, 7) is 0. The zero-order chi connectivity index (χ0) is 11.4. The predicted octanol–water partition coefficient (Wildman–Crippen LogP) is 3.46. The van der Waals surface area contributed by atoms with E-state index in [1.807, 2.05) is 12.1 Å². The van der Waals surface area contributed by atoms with Crippen LogP contribution in [-0.4, -0.2) is 12.1 Å². The third kappa shape index (κ3) is 2.79. The van der Waals surface area contributed by atoms with Gasteiger partial charge in [-0.2, -0.15) is 0 Å². The molecule has 0 bridgehead atoms. The van der Waals surface area contributed by atoms with E-state index < -0.39 is 0 Å². The highest BCUT2D eigenvalue weighted by Gasteiger charge is 2.19. The number of thiol groups is 1. The van der Waals surface area contributed by atoms with Crippen LogP contribution < -0.4 is 0 Å². The van der Waals surface area contributed by atoms with Crippen LogP contribution in [0.5, 0.6) is 0 Å². The molecule has 1 aromatic rings. The van der Waals surface area contributed by atoms with Crippen LogP contribution in [0.1, 0.15) is 42.5 Å². The van der Waals surface area contributed by atoms with Gasteiger partial charge in [0.2, 0.25) is 0 Å². The molecular formula is C13H16O2S. The first-order valence-corrected chi connectivity index (χ1v) is 6.21. The van der Waals surface area contributed by atoms with E-state index in [0.717, 1.165) is 12.8 Å². The Bertz CT molecular complexity index is 370. The summed E-state index contributed by atoms with van der Waals surface area (Å²) in [5, 5.41) is 0. The Morgan fingerprint density at radius 3 is 2.56 bits per heavy atom. The average Bonchev–Trinajstić information content (AvgIpc) is 2.31. The maximum absolute atomic E-state index is 11.9. The second-order valence-electron chi connectivity index (χ2n) is 4.18. The normalized spacial score (nSPS) is 17.1. The number of esters is 1. The summed E-state index contributed by atoms with van der Waals surface area (Å²) in [5.74, 6) is -0.238. The van der Waals surface area contributed by atoms with Crippen LogP contribution in [0.4, 0.5) is 0 Å². The summed E-state index contributed by atoms with van der Waals surface area (Å²) in [7, 11) is 0. The van der Waals surface area contributed by atoms with E-state index in [4.69, 9.17) is 4.74 Å². The van der Waals surface area contributed by atoms with Crippen molar-refractivity contribution in [2.75, 3.05) is 0 Å². The highest BCUT2D eigenvalue weighted by molar-refractivity contribution is 7.80. The van der Waals surface area contributed by atoms with E-state index in [9.17, 15) is 4.79 Å². The molecule has 0 heterocycles. The molecule has 1 aliphatic carbocycles. The minimum absolute atomic E-state index is 0.106. The van der Waals surface area contributed by atoms with Crippen LogP contribution in [0.25, 0.3) is 0 Å². The van der Waals surface area contributed by atoms with Crippen molar-refractivity contribution in [2.24, 2.45) is 0 Å². The Kier molecular flexibility index (Phi) is 3.88. The Hall–Kier alpha value is -0.960. The molecule has 0 atom stereocenters. The molecule has 1 aliphatic rings. The third-order valence-electron chi connectivity index (χ3n) is 2.95. The number of carbonyl (C=O) groups is 1. The second kappa shape index (κ2) is 5.39. The molecule has 1 saturated carbocycles. The fourth-order valence-corrected chi connectivity index (χ4v) is 2.30. The summed E-state index contributed by atoms with van der Waals surface area (Å²) in [6, 6.07) is 7.25. The van der Waals surface area contributed by atoms with Crippen LogP contribution in [0.2, 0.25) is 0 Å². The Morgan fingerprint density at radius 1 is 1.19 bits per heavy atom. The molecule has 86 valence electrons. The van der Waals surface area contributed by atoms with Gasteiger partial charge < -0.3 is 4.74 Å². The third-order valence-corrected chi connectivity index (χ3v) is 3.34. The minimum atomic E-state index is -0.238. The van der Waals surface area contributed by atoms with Crippen molar-refractivity contribution in [2.45, 2.75) is 43.1 Å². The summed E-state index contributed by atoms with van der Waals surface area (Å²) in [4.78, 5) is 12.5. The highest BCUT2D eigenvalue weighted by atomic mass is 32.1. The molecule has 0 aromatic heterocycles. The number of hydrogen-bond donors (Lipinski definition) is 1. The van der Waals surface area contributed by atoms with Gasteiger partial charge in [0.15, 0.2) is 0 Å². The summed E-state index contributed by atoms with van der Waals surface area (Å²) < 4.78 is 5.47. The molecule has 3 heteroatoms. The molecule has 0 aliphatic heterocycles. The first-order chi connectivity index (χ1) is 7.77. The van der Waals surface area contributed by atoms with Crippen molar-refractivity contribution in [1.82, 2.24) is 0 Å². The Morgan fingerprint density at radius 2 is 1.88 bits per heavy atom. The largest absolute Gasteiger partial charge is 0.459 e. The van der Waals surface area contributed by atoms with Crippen LogP contribution >= 0.6 is 12.6 Å². The molecule has 0 saturated heterocycles. The molecule has 0 radical (unpaired) electrons. The highest BCUT2D eigenvalue weighted by Crippen LogP contribution is 2.22. The van der Waals surface area contributed by atoms with Gasteiger partial charge in [-0.1, -0.05) is 18.6 Å². The number of hydrogen-bond acceptors (Lipinski definition) is 3. The zero-order valence-corrected chi connectivity index (χ0v) is 10.1. The van der Waals surface area contributed by atoms with E-state index in [2.05, 4.69) is 12.6 Å². The standard InChI is InChI=1S/C13H16O2S/c14-13(11-8-4-5-9-12(11)16)15-10-6-2-1-3-7-10/h4-5,8-10,16H,1-3,6-7H2. The summed E-state index contributed by atoms with van der Waals surface area (Å²) >= 11 is 4.25. The van der Waals surface area contributed by atoms with E-state index in [-0.39, 0.29) is 12.1 Å². The Labute approximate surface area is 101 Å². The summed E-state index contributed by atoms with van der Waals surface area (Å²) in [6.07, 6.45) is 5.70. The van der Waals surface area contributed by atoms with Gasteiger partial charge in [-0.3, -0.25) is 0 Å². The molecule has 1 aromatic carbocycles. The topological polar surface area (TPSA) is 26.3 Å². The quantitative estimate of drug-likeness (QED) is 0.628. The van der Waals surface area contributed by atoms with E-state index >= 15 is 0 Å². The number of rotatable bonds is 2. The fraction of sp³-hybridized carbons (Fsp3) is 0.462. The number of ether oxygens (including phenoxy) is 1. The predicted molar refractivity (Wildman–Crippen MR) is 66.0 cm³/mol. The van der Waals surface area contributed by atoms with Crippen molar-refractivity contribution in [3.63, 3.8) is 0 Å². The average molecular weight is 236 g/mol. The molecule has 0 N–H and O–H groups in total. The van der Waals surface area contributed by atoms with Crippen molar-refractivity contribution < 1.29 is 9.53 Å². The lowest BCUT2D eigenvalue weighted by molar-refractivity contribution is 0.0207. The van der Waals surface area contributed by atoms with Gasteiger partial charge in [-0.15, -0.1) is 12.6 Å². The molecule has 16 heavy (non-hydrogen) atoms. The van der Waals surface area contributed by atoms with E-state index in [1.165, 1.54) is 19.3 Å². The van der Waals surface area contributed by atoms with Gasteiger partial charge in [-0.25, -0.2) is 4.79 Å². The first-order valence-electron chi connectivity index (χ1n) is 5.76. The van der Waals surface area contributed by atoms with Gasteiger partial charge in [-0.05, 0) is 37.8 Å². The minimum Gasteiger partial charge on any atom is -0.459 e. The van der Waals surface area contributed by atoms with E-state index in [1.54, 1.807) is 12.1 Å². The lowest BCUT2D eigenvalue weighted by Gasteiger charge is -2.22. The smallest absolute Gasteiger partial charge is 0.339 e. The van der Waals surface area contributed by atoms with Crippen molar-refractivity contribution >= 4 is 18.6 Å². The fourth-order valence-electron chi connectivity index (χ4n) is 2.04. The van der Waals surface area contributed by atoms with Crippen LogP contribution in [0.15, 0.2) is 29.2 Å². The van der Waals surface area contributed by atoms with Crippen molar-refractivity contribution in [3.8, 4) is 0 Å². The summed E-state index contributed by atoms with van der Waals surface area (Å²) in [5.41, 5.74) is 0.566. The molecule has 0 unspecified atom stereocenters. The number of carbonyl (C=O) groups excluding carboxylic acids is 1.